The van der Waals surface area contributed by atoms with Crippen LogP contribution in [0.25, 0.3) is 0 Å². The summed E-state index contributed by atoms with van der Waals surface area (Å²) in [6.07, 6.45) is 1.29. The van der Waals surface area contributed by atoms with Crippen molar-refractivity contribution in [1.29, 1.82) is 0 Å². The molecule has 0 aliphatic heterocycles. The Morgan fingerprint density at radius 2 is 2.24 bits per heavy atom. The number of nitrogens with zero attached hydrogens (tertiary/aromatic N) is 3. The lowest BCUT2D eigenvalue weighted by Gasteiger charge is -2.13. The fourth-order valence-corrected chi connectivity index (χ4v) is 1.95. The highest BCUT2D eigenvalue weighted by Gasteiger charge is 2.15. The van der Waals surface area contributed by atoms with Gasteiger partial charge in [0.25, 0.3) is 5.91 Å². The van der Waals surface area contributed by atoms with Crippen LogP contribution in [-0.2, 0) is 11.3 Å². The molecule has 8 heteroatoms. The topological polar surface area (TPSA) is 97.1 Å². The van der Waals surface area contributed by atoms with Crippen LogP contribution in [0.15, 0.2) is 30.5 Å². The average molecular weight is 309 g/mol. The van der Waals surface area contributed by atoms with E-state index in [0.717, 1.165) is 10.2 Å². The Labute approximate surface area is 125 Å². The third kappa shape index (κ3) is 4.03. The summed E-state index contributed by atoms with van der Waals surface area (Å²) in [5.41, 5.74) is 0.916. The van der Waals surface area contributed by atoms with Crippen molar-refractivity contribution in [1.82, 2.24) is 20.3 Å². The lowest BCUT2D eigenvalue weighted by Crippen LogP contribution is -2.27. The largest absolute Gasteiger partial charge is 0.480 e. The van der Waals surface area contributed by atoms with Gasteiger partial charge in [0.1, 0.15) is 6.54 Å². The molecule has 1 atom stereocenters. The van der Waals surface area contributed by atoms with Gasteiger partial charge in [-0.15, -0.1) is 5.10 Å². The van der Waals surface area contributed by atoms with Crippen LogP contribution in [0, 0.1) is 0 Å². The monoisotopic (exact) mass is 308 g/mol. The van der Waals surface area contributed by atoms with E-state index in [0.29, 0.717) is 5.02 Å². The van der Waals surface area contributed by atoms with Gasteiger partial charge < -0.3 is 10.4 Å². The van der Waals surface area contributed by atoms with E-state index in [9.17, 15) is 9.59 Å². The van der Waals surface area contributed by atoms with Gasteiger partial charge in [-0.3, -0.25) is 9.59 Å². The first-order chi connectivity index (χ1) is 9.95. The lowest BCUT2D eigenvalue weighted by atomic mass is 10.1. The maximum Gasteiger partial charge on any atom is 0.325 e. The Kier molecular flexibility index (Phi) is 4.54. The van der Waals surface area contributed by atoms with Crippen molar-refractivity contribution in [3.8, 4) is 0 Å². The molecule has 0 saturated carbocycles. The number of carboxylic acid groups (broad SMARTS) is 1. The highest BCUT2D eigenvalue weighted by molar-refractivity contribution is 6.30. The van der Waals surface area contributed by atoms with Crippen LogP contribution in [0.4, 0.5) is 0 Å². The molecule has 1 aromatic carbocycles. The summed E-state index contributed by atoms with van der Waals surface area (Å²) in [4.78, 5) is 22.5. The van der Waals surface area contributed by atoms with Gasteiger partial charge in [-0.2, -0.15) is 0 Å². The Morgan fingerprint density at radius 3 is 2.90 bits per heavy atom. The first kappa shape index (κ1) is 15.0. The zero-order valence-electron chi connectivity index (χ0n) is 11.2. The first-order valence-electron chi connectivity index (χ1n) is 6.14. The number of carbonyl (C=O) groups is 2. The molecule has 0 bridgehead atoms. The van der Waals surface area contributed by atoms with Crippen LogP contribution >= 0.6 is 11.6 Å². The Balaban J connectivity index is 2.03. The van der Waals surface area contributed by atoms with E-state index < -0.39 is 11.9 Å². The number of hydrogen-bond donors (Lipinski definition) is 2. The number of benzene rings is 1. The predicted molar refractivity (Wildman–Crippen MR) is 75.0 cm³/mol. The first-order valence-corrected chi connectivity index (χ1v) is 6.52. The van der Waals surface area contributed by atoms with Crippen LogP contribution in [0.2, 0.25) is 5.02 Å². The number of amides is 1. The molecule has 2 aromatic rings. The Morgan fingerprint density at radius 1 is 1.48 bits per heavy atom. The van der Waals surface area contributed by atoms with E-state index in [1.807, 2.05) is 13.0 Å². The second kappa shape index (κ2) is 6.36. The van der Waals surface area contributed by atoms with Crippen molar-refractivity contribution < 1.29 is 14.7 Å². The number of hydrogen-bond acceptors (Lipinski definition) is 4. The van der Waals surface area contributed by atoms with Crippen LogP contribution in [0.5, 0.6) is 0 Å². The maximum absolute atomic E-state index is 12.0. The number of nitrogens with one attached hydrogen (secondary N) is 1. The van der Waals surface area contributed by atoms with Crippen molar-refractivity contribution >= 4 is 23.5 Å². The number of aromatic nitrogens is 3. The van der Waals surface area contributed by atoms with E-state index in [4.69, 9.17) is 16.7 Å². The molecule has 21 heavy (non-hydrogen) atoms. The quantitative estimate of drug-likeness (QED) is 0.872. The van der Waals surface area contributed by atoms with Gasteiger partial charge in [0.05, 0.1) is 12.2 Å². The lowest BCUT2D eigenvalue weighted by molar-refractivity contribution is -0.137. The fraction of sp³-hybridized carbons (Fsp3) is 0.231. The summed E-state index contributed by atoms with van der Waals surface area (Å²) in [5, 5.41) is 19.2. The molecule has 110 valence electrons. The van der Waals surface area contributed by atoms with Crippen molar-refractivity contribution in [2.45, 2.75) is 19.5 Å². The number of carboxylic acids is 1. The van der Waals surface area contributed by atoms with Crippen LogP contribution in [-0.4, -0.2) is 32.0 Å². The Bertz CT molecular complexity index is 671. The molecule has 0 saturated heterocycles. The molecule has 1 heterocycles. The third-order valence-corrected chi connectivity index (χ3v) is 3.00. The van der Waals surface area contributed by atoms with E-state index in [1.54, 1.807) is 18.2 Å². The minimum absolute atomic E-state index is 0.0603. The zero-order chi connectivity index (χ0) is 15.4. The average Bonchev–Trinajstić information content (AvgIpc) is 2.86. The molecular weight excluding hydrogens is 296 g/mol. The maximum atomic E-state index is 12.0. The molecule has 0 aliphatic rings. The highest BCUT2D eigenvalue weighted by atomic mass is 35.5. The molecule has 1 unspecified atom stereocenters. The number of rotatable bonds is 5. The van der Waals surface area contributed by atoms with Crippen molar-refractivity contribution in [2.75, 3.05) is 0 Å². The van der Waals surface area contributed by atoms with Crippen molar-refractivity contribution in [3.05, 3.63) is 46.7 Å². The molecule has 7 nitrogen and oxygen atoms in total. The molecule has 2 N–H and O–H groups in total. The minimum atomic E-state index is -1.06. The summed E-state index contributed by atoms with van der Waals surface area (Å²) in [6, 6.07) is 6.88. The smallest absolute Gasteiger partial charge is 0.325 e. The van der Waals surface area contributed by atoms with Crippen LogP contribution in [0.3, 0.4) is 0 Å². The van der Waals surface area contributed by atoms with Gasteiger partial charge in [-0.05, 0) is 24.6 Å². The summed E-state index contributed by atoms with van der Waals surface area (Å²) >= 11 is 5.90. The Hall–Kier alpha value is -2.41. The summed E-state index contributed by atoms with van der Waals surface area (Å²) in [5.74, 6) is -1.49. The molecule has 2 rings (SSSR count). The summed E-state index contributed by atoms with van der Waals surface area (Å²) < 4.78 is 1.08. The minimum Gasteiger partial charge on any atom is -0.480 e. The van der Waals surface area contributed by atoms with E-state index in [1.165, 1.54) is 6.20 Å². The van der Waals surface area contributed by atoms with Gasteiger partial charge in [-0.25, -0.2) is 4.68 Å². The fourth-order valence-electron chi connectivity index (χ4n) is 1.75. The number of aliphatic carboxylic acids is 1. The second-order valence-corrected chi connectivity index (χ2v) is 4.88. The van der Waals surface area contributed by atoms with Gasteiger partial charge in [0, 0.05) is 5.02 Å². The van der Waals surface area contributed by atoms with Gasteiger partial charge >= 0.3 is 5.97 Å². The van der Waals surface area contributed by atoms with E-state index in [2.05, 4.69) is 15.6 Å². The molecule has 0 spiro atoms. The summed E-state index contributed by atoms with van der Waals surface area (Å²) in [6.45, 7) is 1.47. The predicted octanol–water partition coefficient (Wildman–Crippen LogP) is 1.51. The molecule has 1 aromatic heterocycles. The normalized spacial score (nSPS) is 11.9. The standard InChI is InChI=1S/C13H13ClN4O3/c1-8(9-3-2-4-10(14)5-9)15-13(21)11-6-18(17-16-11)7-12(19)20/h2-6,8H,7H2,1H3,(H,15,21)(H,19,20). The summed E-state index contributed by atoms with van der Waals surface area (Å²) in [7, 11) is 0. The van der Waals surface area contributed by atoms with E-state index in [-0.39, 0.29) is 18.3 Å². The van der Waals surface area contributed by atoms with Crippen LogP contribution < -0.4 is 5.32 Å². The molecule has 0 aliphatic carbocycles. The molecular formula is C13H13ClN4O3. The highest BCUT2D eigenvalue weighted by Crippen LogP contribution is 2.17. The molecule has 0 fully saturated rings. The molecule has 0 radical (unpaired) electrons. The second-order valence-electron chi connectivity index (χ2n) is 4.45. The van der Waals surface area contributed by atoms with Crippen molar-refractivity contribution in [3.63, 3.8) is 0 Å². The zero-order valence-corrected chi connectivity index (χ0v) is 11.9. The molecule has 1 amide bonds. The van der Waals surface area contributed by atoms with E-state index >= 15 is 0 Å². The number of halogens is 1. The number of carbonyl (C=O) groups excluding carboxylic acids is 1. The van der Waals surface area contributed by atoms with Gasteiger partial charge in [-0.1, -0.05) is 28.9 Å². The van der Waals surface area contributed by atoms with Crippen LogP contribution in [0.1, 0.15) is 29.0 Å². The van der Waals surface area contributed by atoms with Gasteiger partial charge in [0.2, 0.25) is 0 Å². The third-order valence-electron chi connectivity index (χ3n) is 2.76. The SMILES string of the molecule is CC(NC(=O)c1cn(CC(=O)O)nn1)c1cccc(Cl)c1. The van der Waals surface area contributed by atoms with Crippen molar-refractivity contribution in [2.24, 2.45) is 0 Å². The van der Waals surface area contributed by atoms with Gasteiger partial charge in [0.15, 0.2) is 5.69 Å².